The maximum atomic E-state index is 11.5. The third-order valence-corrected chi connectivity index (χ3v) is 5.97. The van der Waals surface area contributed by atoms with Crippen molar-refractivity contribution in [2.24, 2.45) is 0 Å². The summed E-state index contributed by atoms with van der Waals surface area (Å²) in [5.41, 5.74) is 4.50. The number of carbonyl (C=O) groups is 2. The number of hydrogen-bond acceptors (Lipinski definition) is 9. The molecular formula is C28H31N3O9. The molecule has 0 amide bonds. The highest BCUT2D eigenvalue weighted by molar-refractivity contribution is 6.34. The second-order valence-corrected chi connectivity index (χ2v) is 8.60. The first-order valence-corrected chi connectivity index (χ1v) is 12.1. The van der Waals surface area contributed by atoms with Gasteiger partial charge in [-0.25, -0.2) is 4.79 Å². The van der Waals surface area contributed by atoms with Crippen molar-refractivity contribution in [3.05, 3.63) is 118 Å². The quantitative estimate of drug-likeness (QED) is 0.147. The van der Waals surface area contributed by atoms with Gasteiger partial charge in [0.1, 0.15) is 0 Å². The summed E-state index contributed by atoms with van der Waals surface area (Å²) in [6.45, 7) is 10.6. The molecule has 0 fully saturated rings. The van der Waals surface area contributed by atoms with Gasteiger partial charge in [0.25, 0.3) is 17.1 Å². The van der Waals surface area contributed by atoms with Crippen LogP contribution in [0, 0.1) is 65.0 Å². The van der Waals surface area contributed by atoms with Gasteiger partial charge in [0.05, 0.1) is 27.8 Å². The highest BCUT2D eigenvalue weighted by atomic mass is 16.6. The second-order valence-electron chi connectivity index (χ2n) is 8.60. The summed E-state index contributed by atoms with van der Waals surface area (Å²) in [5, 5.41) is 31.6. The van der Waals surface area contributed by atoms with Gasteiger partial charge in [-0.2, -0.15) is 0 Å². The molecular weight excluding hydrogens is 522 g/mol. The molecule has 0 aliphatic heterocycles. The minimum atomic E-state index is -0.963. The predicted molar refractivity (Wildman–Crippen MR) is 148 cm³/mol. The molecule has 3 rings (SSSR count). The van der Waals surface area contributed by atoms with Gasteiger partial charge in [-0.05, 0) is 58.2 Å². The molecule has 0 heterocycles. The summed E-state index contributed by atoms with van der Waals surface area (Å²) in [4.78, 5) is 53.0. The highest BCUT2D eigenvalue weighted by Crippen LogP contribution is 2.23. The molecule has 0 atom stereocenters. The van der Waals surface area contributed by atoms with Gasteiger partial charge in [-0.3, -0.25) is 35.1 Å². The summed E-state index contributed by atoms with van der Waals surface area (Å²) in [7, 11) is 0. The van der Waals surface area contributed by atoms with Crippen LogP contribution in [0.1, 0.15) is 40.3 Å². The van der Waals surface area contributed by atoms with Crippen LogP contribution < -0.4 is 0 Å². The van der Waals surface area contributed by atoms with Crippen LogP contribution in [-0.2, 0) is 20.7 Å². The zero-order chi connectivity index (χ0) is 30.6. The molecule has 40 heavy (non-hydrogen) atoms. The van der Waals surface area contributed by atoms with Crippen LogP contribution in [0.4, 0.5) is 17.1 Å². The van der Waals surface area contributed by atoms with E-state index in [9.17, 15) is 39.9 Å². The second kappa shape index (κ2) is 15.4. The number of nitro benzene ring substituents is 3. The van der Waals surface area contributed by atoms with Crippen LogP contribution in [0.3, 0.4) is 0 Å². The molecule has 0 aliphatic carbocycles. The average Bonchev–Trinajstić information content (AvgIpc) is 2.88. The number of nitro groups is 3. The van der Waals surface area contributed by atoms with Crippen LogP contribution in [0.15, 0.2) is 54.6 Å². The minimum absolute atomic E-state index is 0.0977. The van der Waals surface area contributed by atoms with Crippen LogP contribution in [0.2, 0.25) is 0 Å². The summed E-state index contributed by atoms with van der Waals surface area (Å²) >= 11 is 0. The molecule has 0 radical (unpaired) electrons. The summed E-state index contributed by atoms with van der Waals surface area (Å²) in [6.07, 6.45) is -0.318. The number of ketones is 1. The van der Waals surface area contributed by atoms with E-state index in [1.165, 1.54) is 24.3 Å². The maximum absolute atomic E-state index is 11.5. The molecule has 0 spiro atoms. The number of rotatable bonds is 7. The fourth-order valence-corrected chi connectivity index (χ4v) is 3.40. The number of esters is 1. The lowest BCUT2D eigenvalue weighted by atomic mass is 10.0. The molecule has 12 heteroatoms. The minimum Gasteiger partial charge on any atom is -0.460 e. The third kappa shape index (κ3) is 9.39. The summed E-state index contributed by atoms with van der Waals surface area (Å²) in [5.74, 6) is -1.75. The zero-order valence-electron chi connectivity index (χ0n) is 23.1. The van der Waals surface area contributed by atoms with Crippen LogP contribution in [0.5, 0.6) is 0 Å². The monoisotopic (exact) mass is 553 g/mol. The Morgan fingerprint density at radius 1 is 0.650 bits per heavy atom. The lowest BCUT2D eigenvalue weighted by Crippen LogP contribution is -2.20. The smallest absolute Gasteiger partial charge is 0.374 e. The topological polar surface area (TPSA) is 173 Å². The fourth-order valence-electron chi connectivity index (χ4n) is 3.40. The Labute approximate surface area is 231 Å². The third-order valence-electron chi connectivity index (χ3n) is 5.97. The number of Topliss-reactive ketones (excluding diaryl/α,β-unsaturated/α-hetero) is 1. The molecule has 3 aromatic rings. The van der Waals surface area contributed by atoms with Crippen molar-refractivity contribution in [2.75, 3.05) is 6.61 Å². The van der Waals surface area contributed by atoms with Crippen molar-refractivity contribution in [2.45, 2.75) is 48.0 Å². The maximum Gasteiger partial charge on any atom is 0.374 e. The summed E-state index contributed by atoms with van der Waals surface area (Å²) < 4.78 is 4.56. The van der Waals surface area contributed by atoms with E-state index in [1.807, 2.05) is 26.0 Å². The van der Waals surface area contributed by atoms with Crippen molar-refractivity contribution in [1.29, 1.82) is 0 Å². The van der Waals surface area contributed by atoms with E-state index in [0.717, 1.165) is 22.3 Å². The number of ether oxygens (including phenoxy) is 1. The molecule has 0 saturated carbocycles. The normalized spacial score (nSPS) is 9.75. The van der Waals surface area contributed by atoms with E-state index in [2.05, 4.69) is 4.74 Å². The average molecular weight is 554 g/mol. The number of benzene rings is 3. The van der Waals surface area contributed by atoms with Gasteiger partial charge in [-0.1, -0.05) is 36.4 Å². The fraction of sp³-hybridized carbons (Fsp3) is 0.286. The first kappa shape index (κ1) is 33.0. The molecule has 212 valence electrons. The molecule has 0 saturated heterocycles. The highest BCUT2D eigenvalue weighted by Gasteiger charge is 2.22. The van der Waals surface area contributed by atoms with E-state index in [4.69, 9.17) is 0 Å². The van der Waals surface area contributed by atoms with Gasteiger partial charge in [-0.15, -0.1) is 0 Å². The van der Waals surface area contributed by atoms with Crippen molar-refractivity contribution in [3.8, 4) is 0 Å². The predicted octanol–water partition coefficient (Wildman–Crippen LogP) is 6.00. The first-order valence-electron chi connectivity index (χ1n) is 12.1. The van der Waals surface area contributed by atoms with Gasteiger partial charge in [0.15, 0.2) is 0 Å². The lowest BCUT2D eigenvalue weighted by Gasteiger charge is -2.05. The van der Waals surface area contributed by atoms with E-state index in [0.29, 0.717) is 5.56 Å². The first-order chi connectivity index (χ1) is 18.7. The standard InChI is InChI=1S/C12H13NO5.2C8H9NO2/c1-3-18-12(15)11(14)7-9-8(2)5-4-6-10(9)13(16)17;2*1-6-4-3-5-8(7(6)2)9(10)11/h4-6H,3,7H2,1-2H3;2*3-5H,1-2H3. The molecule has 0 aliphatic rings. The van der Waals surface area contributed by atoms with E-state index in [-0.39, 0.29) is 45.5 Å². The number of aryl methyl sites for hydroxylation is 3. The summed E-state index contributed by atoms with van der Waals surface area (Å²) in [6, 6.07) is 14.6. The molecule has 3 aromatic carbocycles. The zero-order valence-corrected chi connectivity index (χ0v) is 23.1. The molecule has 0 bridgehead atoms. The Bertz CT molecular complexity index is 1360. The number of carbonyl (C=O) groups excluding carboxylic acids is 2. The van der Waals surface area contributed by atoms with Gasteiger partial charge < -0.3 is 4.74 Å². The number of nitrogens with zero attached hydrogens (tertiary/aromatic N) is 3. The lowest BCUT2D eigenvalue weighted by molar-refractivity contribution is -0.385. The Morgan fingerprint density at radius 3 is 1.38 bits per heavy atom. The SMILES string of the molecule is CCOC(=O)C(=O)Cc1c(C)cccc1[N+](=O)[O-].Cc1cccc([N+](=O)[O-])c1C.Cc1cccc([N+](=O)[O-])c1C. The van der Waals surface area contributed by atoms with Gasteiger partial charge in [0, 0.05) is 34.9 Å². The van der Waals surface area contributed by atoms with Crippen LogP contribution in [0.25, 0.3) is 0 Å². The van der Waals surface area contributed by atoms with Crippen molar-refractivity contribution in [1.82, 2.24) is 0 Å². The van der Waals surface area contributed by atoms with Crippen molar-refractivity contribution >= 4 is 28.8 Å². The van der Waals surface area contributed by atoms with Crippen molar-refractivity contribution in [3.63, 3.8) is 0 Å². The van der Waals surface area contributed by atoms with Crippen molar-refractivity contribution < 1.29 is 29.1 Å². The number of hydrogen-bond donors (Lipinski definition) is 0. The largest absolute Gasteiger partial charge is 0.460 e. The molecule has 0 aromatic heterocycles. The Kier molecular flexibility index (Phi) is 12.7. The van der Waals surface area contributed by atoms with Gasteiger partial charge >= 0.3 is 5.97 Å². The molecule has 0 N–H and O–H groups in total. The van der Waals surface area contributed by atoms with E-state index in [1.54, 1.807) is 45.9 Å². The Morgan fingerprint density at radius 2 is 1.02 bits per heavy atom. The van der Waals surface area contributed by atoms with Crippen LogP contribution in [-0.4, -0.2) is 33.1 Å². The Hall–Kier alpha value is -5.00. The van der Waals surface area contributed by atoms with E-state index < -0.39 is 16.7 Å². The molecule has 12 nitrogen and oxygen atoms in total. The van der Waals surface area contributed by atoms with Crippen LogP contribution >= 0.6 is 0 Å². The van der Waals surface area contributed by atoms with E-state index >= 15 is 0 Å². The van der Waals surface area contributed by atoms with Gasteiger partial charge in [0.2, 0.25) is 5.78 Å². The Balaban J connectivity index is 0.000000315. The molecule has 0 unspecified atom stereocenters.